The second kappa shape index (κ2) is 10.4. The maximum atomic E-state index is 13.8. The molecule has 0 saturated carbocycles. The predicted molar refractivity (Wildman–Crippen MR) is 139 cm³/mol. The smallest absolute Gasteiger partial charge is 0.239 e. The molecule has 5 nitrogen and oxygen atoms in total. The largest absolute Gasteiger partial charge is 0.340 e. The molecule has 2 amide bonds. The lowest BCUT2D eigenvalue weighted by Crippen LogP contribution is -2.51. The Labute approximate surface area is 212 Å². The highest BCUT2D eigenvalue weighted by molar-refractivity contribution is 7.10. The maximum Gasteiger partial charge on any atom is 0.239 e. The normalized spacial score (nSPS) is 20.6. The third-order valence-corrected chi connectivity index (χ3v) is 9.01. The van der Waals surface area contributed by atoms with Gasteiger partial charge < -0.3 is 9.80 Å². The average Bonchev–Trinajstić information content (AvgIpc) is 3.19. The van der Waals surface area contributed by atoms with Crippen LogP contribution in [0.5, 0.6) is 0 Å². The van der Waals surface area contributed by atoms with Gasteiger partial charge in [-0.15, -0.1) is 22.9 Å². The Balaban J connectivity index is 1.53. The summed E-state index contributed by atoms with van der Waals surface area (Å²) in [5, 5.41) is 2.18. The molecule has 34 heavy (non-hydrogen) atoms. The predicted octanol–water partition coefficient (Wildman–Crippen LogP) is 4.72. The van der Waals surface area contributed by atoms with Crippen molar-refractivity contribution in [1.29, 1.82) is 0 Å². The van der Waals surface area contributed by atoms with Crippen LogP contribution in [-0.4, -0.2) is 71.2 Å². The van der Waals surface area contributed by atoms with Gasteiger partial charge in [-0.2, -0.15) is 0 Å². The van der Waals surface area contributed by atoms with Crippen LogP contribution in [0, 0.1) is 12.3 Å². The lowest BCUT2D eigenvalue weighted by atomic mass is 9.89. The number of carbonyl (C=O) groups is 2. The van der Waals surface area contributed by atoms with E-state index in [1.165, 1.54) is 21.6 Å². The van der Waals surface area contributed by atoms with E-state index in [0.29, 0.717) is 32.1 Å². The van der Waals surface area contributed by atoms with Gasteiger partial charge in [0.05, 0.1) is 17.5 Å². The Morgan fingerprint density at radius 1 is 1.06 bits per heavy atom. The molecule has 1 aromatic heterocycles. The Morgan fingerprint density at radius 3 is 2.50 bits per heavy atom. The van der Waals surface area contributed by atoms with Crippen LogP contribution in [0.3, 0.4) is 0 Å². The number of rotatable bonds is 5. The summed E-state index contributed by atoms with van der Waals surface area (Å²) in [5.74, 6) is 0.524. The third-order valence-electron chi connectivity index (χ3n) is 7.35. The highest BCUT2D eigenvalue weighted by atomic mass is 35.5. The molecule has 0 bridgehead atoms. The summed E-state index contributed by atoms with van der Waals surface area (Å²) < 4.78 is 0. The maximum absolute atomic E-state index is 13.8. The molecule has 2 aliphatic rings. The fraction of sp³-hybridized carbons (Fsp3) is 0.556. The van der Waals surface area contributed by atoms with Crippen molar-refractivity contribution in [3.63, 3.8) is 0 Å². The summed E-state index contributed by atoms with van der Waals surface area (Å²) in [7, 11) is 0. The molecule has 7 heteroatoms. The van der Waals surface area contributed by atoms with Gasteiger partial charge in [0.25, 0.3) is 0 Å². The van der Waals surface area contributed by atoms with E-state index in [0.717, 1.165) is 19.4 Å². The molecule has 184 valence electrons. The van der Waals surface area contributed by atoms with Gasteiger partial charge >= 0.3 is 0 Å². The van der Waals surface area contributed by atoms with E-state index in [1.54, 1.807) is 0 Å². The Morgan fingerprint density at radius 2 is 1.76 bits per heavy atom. The topological polar surface area (TPSA) is 43.9 Å². The number of aryl methyl sites for hydroxylation is 1. The van der Waals surface area contributed by atoms with Crippen LogP contribution in [0.4, 0.5) is 0 Å². The monoisotopic (exact) mass is 501 g/mol. The Hall–Kier alpha value is -1.89. The lowest BCUT2D eigenvalue weighted by molar-refractivity contribution is -0.140. The number of benzene rings is 1. The van der Waals surface area contributed by atoms with E-state index in [2.05, 4.69) is 54.5 Å². The first-order valence-corrected chi connectivity index (χ1v) is 13.7. The van der Waals surface area contributed by atoms with Crippen LogP contribution in [0.2, 0.25) is 0 Å². The molecule has 2 aromatic rings. The first kappa shape index (κ1) is 25.2. The fourth-order valence-electron chi connectivity index (χ4n) is 5.22. The van der Waals surface area contributed by atoms with Crippen LogP contribution in [-0.2, 0) is 16.0 Å². The molecule has 0 N–H and O–H groups in total. The fourth-order valence-corrected chi connectivity index (χ4v) is 6.24. The van der Waals surface area contributed by atoms with Crippen molar-refractivity contribution in [3.8, 4) is 0 Å². The van der Waals surface area contributed by atoms with Gasteiger partial charge in [0.1, 0.15) is 0 Å². The minimum atomic E-state index is -0.583. The molecule has 0 aliphatic carbocycles. The molecule has 0 radical (unpaired) electrons. The summed E-state index contributed by atoms with van der Waals surface area (Å²) in [6, 6.07) is 10.6. The number of carbonyl (C=O) groups excluding carboxylic acids is 2. The Kier molecular flexibility index (Phi) is 7.70. The van der Waals surface area contributed by atoms with Crippen molar-refractivity contribution in [2.45, 2.75) is 52.6 Å². The molecule has 2 aliphatic heterocycles. The molecule has 2 atom stereocenters. The highest BCUT2D eigenvalue weighted by Crippen LogP contribution is 2.40. The van der Waals surface area contributed by atoms with Crippen molar-refractivity contribution in [2.75, 3.05) is 38.6 Å². The number of alkyl halides is 1. The van der Waals surface area contributed by atoms with Crippen LogP contribution in [0.1, 0.15) is 54.8 Å². The number of nitrogens with zero attached hydrogens (tertiary/aromatic N) is 3. The summed E-state index contributed by atoms with van der Waals surface area (Å²) >= 11 is 7.86. The zero-order chi connectivity index (χ0) is 24.5. The molecule has 1 fully saturated rings. The average molecular weight is 502 g/mol. The van der Waals surface area contributed by atoms with Crippen molar-refractivity contribution in [3.05, 3.63) is 57.3 Å². The van der Waals surface area contributed by atoms with Gasteiger partial charge in [-0.3, -0.25) is 14.5 Å². The summed E-state index contributed by atoms with van der Waals surface area (Å²) in [6.45, 7) is 11.3. The van der Waals surface area contributed by atoms with Crippen molar-refractivity contribution < 1.29 is 9.59 Å². The van der Waals surface area contributed by atoms with Gasteiger partial charge in [-0.1, -0.05) is 24.3 Å². The van der Waals surface area contributed by atoms with E-state index in [1.807, 2.05) is 35.0 Å². The second-order valence-corrected chi connectivity index (χ2v) is 11.5. The van der Waals surface area contributed by atoms with Gasteiger partial charge in [0.15, 0.2) is 0 Å². The number of hydrogen-bond donors (Lipinski definition) is 0. The van der Waals surface area contributed by atoms with Crippen LogP contribution >= 0.6 is 22.9 Å². The third kappa shape index (κ3) is 4.91. The van der Waals surface area contributed by atoms with Crippen molar-refractivity contribution >= 4 is 34.8 Å². The number of fused-ring (bicyclic) bond motifs is 1. The first-order chi connectivity index (χ1) is 16.2. The van der Waals surface area contributed by atoms with Crippen molar-refractivity contribution in [2.24, 2.45) is 5.41 Å². The second-order valence-electron chi connectivity index (χ2n) is 10.2. The number of thiophene rings is 1. The standard InChI is InChI=1S/C27H36ClN3O2S/c1-19-8-5-6-9-21(19)24-22-11-17-34-23(22)10-14-31(24)20(2)25(32)29-12-7-13-30(16-15-29)26(33)27(3,4)18-28/h5-6,8-9,11,17,20,24H,7,10,12-16,18H2,1-4H3/t20-,24-/m0/s1. The number of hydrogen-bond acceptors (Lipinski definition) is 4. The van der Waals surface area contributed by atoms with Gasteiger partial charge in [-0.25, -0.2) is 0 Å². The quantitative estimate of drug-likeness (QED) is 0.557. The lowest BCUT2D eigenvalue weighted by Gasteiger charge is -2.41. The summed E-state index contributed by atoms with van der Waals surface area (Å²) in [4.78, 5) is 34.3. The van der Waals surface area contributed by atoms with Crippen molar-refractivity contribution in [1.82, 2.24) is 14.7 Å². The van der Waals surface area contributed by atoms with Gasteiger partial charge in [0.2, 0.25) is 11.8 Å². The molecule has 0 spiro atoms. The number of amides is 2. The molecule has 0 unspecified atom stereocenters. The minimum Gasteiger partial charge on any atom is -0.340 e. The molecule has 3 heterocycles. The zero-order valence-corrected chi connectivity index (χ0v) is 22.3. The SMILES string of the molecule is Cc1ccccc1[C@H]1c2ccsc2CCN1[C@@H](C)C(=O)N1CCCN(C(=O)C(C)(C)CCl)CC1. The molecule has 4 rings (SSSR count). The zero-order valence-electron chi connectivity index (χ0n) is 20.7. The first-order valence-electron chi connectivity index (χ1n) is 12.3. The van der Waals surface area contributed by atoms with E-state index >= 15 is 0 Å². The Bertz CT molecular complexity index is 1040. The number of halogens is 1. The van der Waals surface area contributed by atoms with Crippen LogP contribution in [0.15, 0.2) is 35.7 Å². The summed E-state index contributed by atoms with van der Waals surface area (Å²) in [6.07, 6.45) is 1.77. The molecular weight excluding hydrogens is 466 g/mol. The molecule has 1 saturated heterocycles. The highest BCUT2D eigenvalue weighted by Gasteiger charge is 2.38. The van der Waals surface area contributed by atoms with Gasteiger partial charge in [0, 0.05) is 43.5 Å². The minimum absolute atomic E-state index is 0.0745. The van der Waals surface area contributed by atoms with E-state index in [-0.39, 0.29) is 23.9 Å². The van der Waals surface area contributed by atoms with E-state index in [4.69, 9.17) is 11.6 Å². The van der Waals surface area contributed by atoms with Crippen LogP contribution in [0.25, 0.3) is 0 Å². The van der Waals surface area contributed by atoms with Crippen LogP contribution < -0.4 is 0 Å². The van der Waals surface area contributed by atoms with Gasteiger partial charge in [-0.05, 0) is 68.7 Å². The van der Waals surface area contributed by atoms with E-state index < -0.39 is 5.41 Å². The molecular formula is C27H36ClN3O2S. The summed E-state index contributed by atoms with van der Waals surface area (Å²) in [5.41, 5.74) is 3.28. The molecule has 1 aromatic carbocycles. The van der Waals surface area contributed by atoms with E-state index in [9.17, 15) is 9.59 Å².